The van der Waals surface area contributed by atoms with Crippen LogP contribution in [0.25, 0.3) is 0 Å². The first kappa shape index (κ1) is 16.9. The fourth-order valence-electron chi connectivity index (χ4n) is 1.29. The topological polar surface area (TPSA) is 70.1 Å². The van der Waals surface area contributed by atoms with Crippen LogP contribution in [0, 0.1) is 0 Å². The van der Waals surface area contributed by atoms with E-state index < -0.39 is 6.10 Å². The summed E-state index contributed by atoms with van der Waals surface area (Å²) in [4.78, 5) is 26.4. The molecule has 1 N–H and O–H groups in total. The molecule has 106 valence electrons. The molecule has 0 aromatic rings. The molecule has 0 bridgehead atoms. The van der Waals surface area contributed by atoms with Gasteiger partial charge in [0.1, 0.15) is 0 Å². The lowest BCUT2D eigenvalue weighted by Gasteiger charge is -2.23. The number of nitrogens with zero attached hydrogens (tertiary/aromatic N) is 2. The normalized spacial score (nSPS) is 12.1. The van der Waals surface area contributed by atoms with Gasteiger partial charge in [0.2, 0.25) is 11.8 Å². The van der Waals surface area contributed by atoms with Crippen LogP contribution in [0.2, 0.25) is 0 Å². The maximum Gasteiger partial charge on any atom is 0.241 e. The Morgan fingerprint density at radius 3 is 2.33 bits per heavy atom. The van der Waals surface area contributed by atoms with Gasteiger partial charge in [0.15, 0.2) is 0 Å². The van der Waals surface area contributed by atoms with Crippen molar-refractivity contribution in [3.05, 3.63) is 0 Å². The average molecular weight is 260 g/mol. The molecule has 0 fully saturated rings. The van der Waals surface area contributed by atoms with Crippen LogP contribution in [0.15, 0.2) is 0 Å². The molecule has 2 amide bonds. The minimum atomic E-state index is -0.511. The van der Waals surface area contributed by atoms with Gasteiger partial charge < -0.3 is 19.6 Å². The summed E-state index contributed by atoms with van der Waals surface area (Å²) in [7, 11) is 4.85. The highest BCUT2D eigenvalue weighted by molar-refractivity contribution is 5.84. The number of aliphatic hydroxyl groups is 1. The first-order valence-electron chi connectivity index (χ1n) is 6.03. The van der Waals surface area contributed by atoms with E-state index in [9.17, 15) is 9.59 Å². The van der Waals surface area contributed by atoms with E-state index in [1.54, 1.807) is 28.1 Å². The van der Waals surface area contributed by atoms with Crippen molar-refractivity contribution in [1.82, 2.24) is 9.80 Å². The van der Waals surface area contributed by atoms with Gasteiger partial charge in [0.05, 0.1) is 19.3 Å². The van der Waals surface area contributed by atoms with E-state index in [1.807, 2.05) is 0 Å². The third-order valence-corrected chi connectivity index (χ3v) is 2.52. The minimum absolute atomic E-state index is 0.0506. The maximum absolute atomic E-state index is 11.9. The molecular weight excluding hydrogens is 236 g/mol. The number of methoxy groups -OCH3 is 1. The van der Waals surface area contributed by atoms with Gasteiger partial charge >= 0.3 is 0 Å². The summed E-state index contributed by atoms with van der Waals surface area (Å²) in [6, 6.07) is 0. The van der Waals surface area contributed by atoms with E-state index >= 15 is 0 Å². The standard InChI is InChI=1S/C12H24N2O4/c1-10(15)5-6-11(16)14(7-8-18-4)9-12(17)13(2)3/h10,15H,5-9H2,1-4H3. The lowest BCUT2D eigenvalue weighted by molar-refractivity contribution is -0.140. The number of rotatable bonds is 8. The quantitative estimate of drug-likeness (QED) is 0.651. The molecule has 1 unspecified atom stereocenters. The second-order valence-electron chi connectivity index (χ2n) is 4.48. The zero-order valence-corrected chi connectivity index (χ0v) is 11.7. The van der Waals surface area contributed by atoms with Crippen LogP contribution in [-0.4, -0.2) is 73.7 Å². The first-order valence-corrected chi connectivity index (χ1v) is 6.03. The molecule has 6 nitrogen and oxygen atoms in total. The van der Waals surface area contributed by atoms with Gasteiger partial charge in [0, 0.05) is 34.2 Å². The van der Waals surface area contributed by atoms with E-state index in [0.717, 1.165) is 0 Å². The van der Waals surface area contributed by atoms with Crippen molar-refractivity contribution in [3.63, 3.8) is 0 Å². The third kappa shape index (κ3) is 7.24. The number of likely N-dealkylation sites (N-methyl/N-ethyl adjacent to an activating group) is 1. The van der Waals surface area contributed by atoms with Crippen LogP contribution in [-0.2, 0) is 14.3 Å². The minimum Gasteiger partial charge on any atom is -0.393 e. The van der Waals surface area contributed by atoms with Crippen molar-refractivity contribution in [3.8, 4) is 0 Å². The lowest BCUT2D eigenvalue weighted by Crippen LogP contribution is -2.42. The molecule has 18 heavy (non-hydrogen) atoms. The third-order valence-electron chi connectivity index (χ3n) is 2.52. The number of hydrogen-bond acceptors (Lipinski definition) is 4. The Morgan fingerprint density at radius 1 is 1.28 bits per heavy atom. The molecule has 0 spiro atoms. The van der Waals surface area contributed by atoms with E-state index in [0.29, 0.717) is 19.6 Å². The largest absolute Gasteiger partial charge is 0.393 e. The number of carbonyl (C=O) groups is 2. The number of amides is 2. The van der Waals surface area contributed by atoms with E-state index in [-0.39, 0.29) is 24.8 Å². The smallest absolute Gasteiger partial charge is 0.241 e. The van der Waals surface area contributed by atoms with E-state index in [1.165, 1.54) is 9.80 Å². The maximum atomic E-state index is 11.9. The zero-order chi connectivity index (χ0) is 14.1. The van der Waals surface area contributed by atoms with Gasteiger partial charge in [-0.2, -0.15) is 0 Å². The Balaban J connectivity index is 4.36. The number of hydrogen-bond donors (Lipinski definition) is 1. The summed E-state index contributed by atoms with van der Waals surface area (Å²) in [5, 5.41) is 9.16. The summed E-state index contributed by atoms with van der Waals surface area (Å²) in [6.45, 7) is 2.46. The Kier molecular flexibility index (Phi) is 8.32. The predicted octanol–water partition coefficient (Wildman–Crippen LogP) is -0.289. The SMILES string of the molecule is COCCN(CC(=O)N(C)C)C(=O)CCC(C)O. The van der Waals surface area contributed by atoms with Crippen LogP contribution >= 0.6 is 0 Å². The first-order chi connectivity index (χ1) is 8.38. The van der Waals surface area contributed by atoms with E-state index in [2.05, 4.69) is 0 Å². The Morgan fingerprint density at radius 2 is 1.89 bits per heavy atom. The molecule has 1 atom stereocenters. The van der Waals surface area contributed by atoms with Crippen LogP contribution < -0.4 is 0 Å². The summed E-state index contributed by atoms with van der Waals surface area (Å²) in [5.41, 5.74) is 0. The molecule has 0 saturated heterocycles. The Labute approximate surface area is 109 Å². The molecule has 0 rings (SSSR count). The van der Waals surface area contributed by atoms with Gasteiger partial charge in [-0.1, -0.05) is 0 Å². The zero-order valence-electron chi connectivity index (χ0n) is 11.7. The summed E-state index contributed by atoms with van der Waals surface area (Å²) < 4.78 is 4.92. The van der Waals surface area contributed by atoms with Gasteiger partial charge in [-0.3, -0.25) is 9.59 Å². The van der Waals surface area contributed by atoms with Crippen molar-refractivity contribution in [2.75, 3.05) is 40.9 Å². The summed E-state index contributed by atoms with van der Waals surface area (Å²) in [5.74, 6) is -0.264. The van der Waals surface area contributed by atoms with Gasteiger partial charge in [0.25, 0.3) is 0 Å². The highest BCUT2D eigenvalue weighted by Gasteiger charge is 2.18. The van der Waals surface area contributed by atoms with Crippen LogP contribution in [0.4, 0.5) is 0 Å². The Hall–Kier alpha value is -1.14. The van der Waals surface area contributed by atoms with Crippen molar-refractivity contribution in [2.45, 2.75) is 25.9 Å². The van der Waals surface area contributed by atoms with Crippen molar-refractivity contribution in [2.24, 2.45) is 0 Å². The lowest BCUT2D eigenvalue weighted by atomic mass is 10.2. The fourth-order valence-corrected chi connectivity index (χ4v) is 1.29. The van der Waals surface area contributed by atoms with Crippen LogP contribution in [0.3, 0.4) is 0 Å². The second-order valence-corrected chi connectivity index (χ2v) is 4.48. The molecule has 0 aliphatic heterocycles. The molecule has 0 heterocycles. The van der Waals surface area contributed by atoms with Crippen LogP contribution in [0.5, 0.6) is 0 Å². The number of ether oxygens (including phenoxy) is 1. The highest BCUT2D eigenvalue weighted by atomic mass is 16.5. The van der Waals surface area contributed by atoms with Gasteiger partial charge in [-0.05, 0) is 13.3 Å². The highest BCUT2D eigenvalue weighted by Crippen LogP contribution is 2.02. The summed E-state index contributed by atoms with van der Waals surface area (Å²) >= 11 is 0. The molecule has 0 saturated carbocycles. The molecular formula is C12H24N2O4. The molecule has 0 aliphatic rings. The summed E-state index contributed by atoms with van der Waals surface area (Å²) in [6.07, 6.45) is 0.128. The van der Waals surface area contributed by atoms with Crippen molar-refractivity contribution in [1.29, 1.82) is 0 Å². The average Bonchev–Trinajstić information content (AvgIpc) is 2.30. The second kappa shape index (κ2) is 8.88. The van der Waals surface area contributed by atoms with E-state index in [4.69, 9.17) is 9.84 Å². The van der Waals surface area contributed by atoms with Crippen molar-refractivity contribution >= 4 is 11.8 Å². The fraction of sp³-hybridized carbons (Fsp3) is 0.833. The molecule has 0 aromatic heterocycles. The van der Waals surface area contributed by atoms with Crippen LogP contribution in [0.1, 0.15) is 19.8 Å². The van der Waals surface area contributed by atoms with Crippen molar-refractivity contribution < 1.29 is 19.4 Å². The molecule has 0 radical (unpaired) electrons. The molecule has 6 heteroatoms. The Bertz CT molecular complexity index is 267. The van der Waals surface area contributed by atoms with Gasteiger partial charge in [-0.15, -0.1) is 0 Å². The number of carbonyl (C=O) groups excluding carboxylic acids is 2. The molecule has 0 aliphatic carbocycles. The number of aliphatic hydroxyl groups excluding tert-OH is 1. The monoisotopic (exact) mass is 260 g/mol. The van der Waals surface area contributed by atoms with Gasteiger partial charge in [-0.25, -0.2) is 0 Å². The predicted molar refractivity (Wildman–Crippen MR) is 68.1 cm³/mol. The molecule has 0 aromatic carbocycles.